The van der Waals surface area contributed by atoms with Crippen molar-refractivity contribution >= 4 is 21.4 Å². The molecule has 2 aliphatic heterocycles. The zero-order valence-electron chi connectivity index (χ0n) is 15.2. The average Bonchev–Trinajstić information content (AvgIpc) is 3.40. The van der Waals surface area contributed by atoms with E-state index in [0.29, 0.717) is 29.1 Å². The zero-order valence-corrected chi connectivity index (χ0v) is 16.9. The highest BCUT2D eigenvalue weighted by Crippen LogP contribution is 2.29. The van der Waals surface area contributed by atoms with E-state index >= 15 is 0 Å². The van der Waals surface area contributed by atoms with Crippen LogP contribution in [0.3, 0.4) is 0 Å². The molecule has 9 heteroatoms. The number of ether oxygens (including phenoxy) is 1. The molecule has 0 bridgehead atoms. The third kappa shape index (κ3) is 4.42. The van der Waals surface area contributed by atoms with Crippen molar-refractivity contribution in [3.05, 3.63) is 29.2 Å². The molecule has 0 spiro atoms. The lowest BCUT2D eigenvalue weighted by molar-refractivity contribution is 0.0778. The smallest absolute Gasteiger partial charge is 0.252 e. The first-order valence-corrected chi connectivity index (χ1v) is 11.9. The Kier molecular flexibility index (Phi) is 5.91. The van der Waals surface area contributed by atoms with Gasteiger partial charge in [-0.3, -0.25) is 0 Å². The van der Waals surface area contributed by atoms with Crippen LogP contribution in [-0.2, 0) is 21.2 Å². The summed E-state index contributed by atoms with van der Waals surface area (Å²) in [5.41, 5.74) is 0. The number of nitrogens with zero attached hydrogens (tertiary/aromatic N) is 3. The third-order valence-corrected chi connectivity index (χ3v) is 8.64. The molecule has 0 saturated carbocycles. The third-order valence-electron chi connectivity index (χ3n) is 5.40. The number of thiophene rings is 1. The highest BCUT2D eigenvalue weighted by atomic mass is 32.2. The Labute approximate surface area is 163 Å². The molecule has 1 unspecified atom stereocenters. The lowest BCUT2D eigenvalue weighted by atomic mass is 9.94. The summed E-state index contributed by atoms with van der Waals surface area (Å²) in [6, 6.07) is 3.46. The lowest BCUT2D eigenvalue weighted by Gasteiger charge is -2.31. The standard InChI is InChI=1S/C18H25N3O4S2/c22-27(23,17-4-2-12-26-17)21-9-1-3-14(13-21)5-6-16-19-18(25-20-16)15-7-10-24-11-8-15/h2,4,12,14-15H,1,3,5-11,13H2. The highest BCUT2D eigenvalue weighted by Gasteiger charge is 2.31. The van der Waals surface area contributed by atoms with Crippen molar-refractivity contribution in [2.75, 3.05) is 26.3 Å². The van der Waals surface area contributed by atoms with Gasteiger partial charge in [0.15, 0.2) is 5.82 Å². The predicted molar refractivity (Wildman–Crippen MR) is 101 cm³/mol. The molecule has 4 rings (SSSR count). The molecule has 2 saturated heterocycles. The van der Waals surface area contributed by atoms with Gasteiger partial charge in [-0.2, -0.15) is 9.29 Å². The first-order valence-electron chi connectivity index (χ1n) is 9.57. The Hall–Kier alpha value is -1.29. The molecule has 1 atom stereocenters. The van der Waals surface area contributed by atoms with Gasteiger partial charge in [-0.1, -0.05) is 11.2 Å². The predicted octanol–water partition coefficient (Wildman–Crippen LogP) is 3.06. The van der Waals surface area contributed by atoms with Crippen molar-refractivity contribution in [1.82, 2.24) is 14.4 Å². The minimum Gasteiger partial charge on any atom is -0.381 e. The van der Waals surface area contributed by atoms with Crippen LogP contribution in [0.2, 0.25) is 0 Å². The fourth-order valence-corrected chi connectivity index (χ4v) is 6.53. The maximum absolute atomic E-state index is 12.7. The first kappa shape index (κ1) is 19.0. The number of aryl methyl sites for hydroxylation is 1. The van der Waals surface area contributed by atoms with Gasteiger partial charge in [0.05, 0.1) is 0 Å². The molecule has 2 aromatic rings. The van der Waals surface area contributed by atoms with E-state index in [-0.39, 0.29) is 0 Å². The van der Waals surface area contributed by atoms with Crippen molar-refractivity contribution in [1.29, 1.82) is 0 Å². The van der Waals surface area contributed by atoms with Gasteiger partial charge >= 0.3 is 0 Å². The van der Waals surface area contributed by atoms with Crippen LogP contribution in [0.5, 0.6) is 0 Å². The molecule has 2 fully saturated rings. The second-order valence-electron chi connectivity index (χ2n) is 7.28. The van der Waals surface area contributed by atoms with Gasteiger partial charge in [-0.15, -0.1) is 11.3 Å². The zero-order chi connectivity index (χ0) is 18.7. The van der Waals surface area contributed by atoms with Gasteiger partial charge in [0.1, 0.15) is 4.21 Å². The molecular weight excluding hydrogens is 386 g/mol. The Morgan fingerprint density at radius 3 is 2.89 bits per heavy atom. The van der Waals surface area contributed by atoms with E-state index in [0.717, 1.165) is 63.5 Å². The quantitative estimate of drug-likeness (QED) is 0.726. The summed E-state index contributed by atoms with van der Waals surface area (Å²) in [6.45, 7) is 2.68. The molecule has 0 aliphatic carbocycles. The molecule has 4 heterocycles. The van der Waals surface area contributed by atoms with E-state index in [2.05, 4.69) is 10.1 Å². The molecule has 2 aliphatic rings. The summed E-state index contributed by atoms with van der Waals surface area (Å²) in [7, 11) is -3.35. The normalized spacial score (nSPS) is 22.9. The minimum atomic E-state index is -3.35. The maximum Gasteiger partial charge on any atom is 0.252 e. The molecule has 0 radical (unpaired) electrons. The van der Waals surface area contributed by atoms with Gasteiger partial charge in [0.25, 0.3) is 10.0 Å². The van der Waals surface area contributed by atoms with Crippen LogP contribution >= 0.6 is 11.3 Å². The summed E-state index contributed by atoms with van der Waals surface area (Å²) >= 11 is 1.28. The molecule has 27 heavy (non-hydrogen) atoms. The SMILES string of the molecule is O=S(=O)(c1cccs1)N1CCCC(CCc2noc(C3CCOCC3)n2)C1. The second kappa shape index (κ2) is 8.38. The van der Waals surface area contributed by atoms with Gasteiger partial charge in [-0.05, 0) is 49.5 Å². The number of aromatic nitrogens is 2. The van der Waals surface area contributed by atoms with Crippen LogP contribution in [0.1, 0.15) is 49.7 Å². The summed E-state index contributed by atoms with van der Waals surface area (Å²) in [4.78, 5) is 4.56. The van der Waals surface area contributed by atoms with Crippen molar-refractivity contribution in [2.24, 2.45) is 5.92 Å². The Bertz CT molecular complexity index is 829. The number of piperidine rings is 1. The minimum absolute atomic E-state index is 0.307. The Balaban J connectivity index is 1.33. The summed E-state index contributed by atoms with van der Waals surface area (Å²) in [6.07, 6.45) is 5.41. The van der Waals surface area contributed by atoms with Crippen molar-refractivity contribution < 1.29 is 17.7 Å². The Morgan fingerprint density at radius 2 is 2.11 bits per heavy atom. The molecule has 0 amide bonds. The lowest BCUT2D eigenvalue weighted by Crippen LogP contribution is -2.39. The number of hydrogen-bond donors (Lipinski definition) is 0. The molecule has 0 N–H and O–H groups in total. The van der Waals surface area contributed by atoms with Gasteiger partial charge in [0.2, 0.25) is 5.89 Å². The van der Waals surface area contributed by atoms with Crippen LogP contribution in [0.4, 0.5) is 0 Å². The van der Waals surface area contributed by atoms with E-state index in [9.17, 15) is 8.42 Å². The first-order chi connectivity index (χ1) is 13.1. The second-order valence-corrected chi connectivity index (χ2v) is 10.4. The van der Waals surface area contributed by atoms with E-state index < -0.39 is 10.0 Å². The van der Waals surface area contributed by atoms with Crippen molar-refractivity contribution in [3.8, 4) is 0 Å². The fourth-order valence-electron chi connectivity index (χ4n) is 3.83. The molecule has 7 nitrogen and oxygen atoms in total. The highest BCUT2D eigenvalue weighted by molar-refractivity contribution is 7.91. The molecular formula is C18H25N3O4S2. The molecule has 2 aromatic heterocycles. The largest absolute Gasteiger partial charge is 0.381 e. The van der Waals surface area contributed by atoms with Crippen molar-refractivity contribution in [2.45, 2.75) is 48.7 Å². The molecule has 148 valence electrons. The topological polar surface area (TPSA) is 85.5 Å². The van der Waals surface area contributed by atoms with E-state index in [4.69, 9.17) is 9.26 Å². The van der Waals surface area contributed by atoms with Crippen LogP contribution in [0.15, 0.2) is 26.2 Å². The van der Waals surface area contributed by atoms with E-state index in [1.54, 1.807) is 21.8 Å². The summed E-state index contributed by atoms with van der Waals surface area (Å²) < 4.78 is 38.4. The number of rotatable bonds is 6. The molecule has 0 aromatic carbocycles. The number of sulfonamides is 1. The monoisotopic (exact) mass is 411 g/mol. The average molecular weight is 412 g/mol. The van der Waals surface area contributed by atoms with E-state index in [1.807, 2.05) is 0 Å². The van der Waals surface area contributed by atoms with E-state index in [1.165, 1.54) is 11.3 Å². The van der Waals surface area contributed by atoms with Crippen LogP contribution in [-0.4, -0.2) is 49.2 Å². The fraction of sp³-hybridized carbons (Fsp3) is 0.667. The van der Waals surface area contributed by atoms with Gasteiger partial charge in [-0.25, -0.2) is 8.42 Å². The van der Waals surface area contributed by atoms with Crippen LogP contribution in [0.25, 0.3) is 0 Å². The maximum atomic E-state index is 12.7. The van der Waals surface area contributed by atoms with Gasteiger partial charge < -0.3 is 9.26 Å². The van der Waals surface area contributed by atoms with Gasteiger partial charge in [0, 0.05) is 38.6 Å². The van der Waals surface area contributed by atoms with Crippen molar-refractivity contribution in [3.63, 3.8) is 0 Å². The summed E-state index contributed by atoms with van der Waals surface area (Å²) in [5.74, 6) is 2.09. The Morgan fingerprint density at radius 1 is 1.26 bits per heavy atom. The summed E-state index contributed by atoms with van der Waals surface area (Å²) in [5, 5.41) is 5.93. The number of hydrogen-bond acceptors (Lipinski definition) is 7. The van der Waals surface area contributed by atoms with Crippen LogP contribution in [0, 0.1) is 5.92 Å². The van der Waals surface area contributed by atoms with Crippen LogP contribution < -0.4 is 0 Å².